The summed E-state index contributed by atoms with van der Waals surface area (Å²) in [4.78, 5) is 0. The highest BCUT2D eigenvalue weighted by atomic mass is 19.2. The Hall–Kier alpha value is -1.06. The third-order valence-corrected chi connectivity index (χ3v) is 3.88. The van der Waals surface area contributed by atoms with Gasteiger partial charge >= 0.3 is 0 Å². The molecular weight excluding hydrogens is 244 g/mol. The second-order valence-electron chi connectivity index (χ2n) is 5.05. The van der Waals surface area contributed by atoms with Gasteiger partial charge in [-0.3, -0.25) is 0 Å². The molecule has 0 N–H and O–H groups in total. The van der Waals surface area contributed by atoms with Gasteiger partial charge in [0.25, 0.3) is 0 Å². The summed E-state index contributed by atoms with van der Waals surface area (Å²) in [5.41, 5.74) is -1.46. The van der Waals surface area contributed by atoms with Gasteiger partial charge in [-0.05, 0) is 18.8 Å². The average molecular weight is 262 g/mol. The van der Waals surface area contributed by atoms with Crippen LogP contribution in [0.25, 0.3) is 0 Å². The van der Waals surface area contributed by atoms with Crippen molar-refractivity contribution in [3.05, 3.63) is 34.4 Å². The summed E-state index contributed by atoms with van der Waals surface area (Å²) in [6.07, 6.45) is 1.35. The number of hydrogen-bond acceptors (Lipinski definition) is 0. The molecule has 0 aliphatic rings. The predicted molar refractivity (Wildman–Crippen MR) is 63.4 cm³/mol. The molecule has 102 valence electrons. The lowest BCUT2D eigenvalue weighted by Gasteiger charge is -2.27. The van der Waals surface area contributed by atoms with Crippen LogP contribution in [0.1, 0.15) is 44.7 Å². The zero-order valence-corrected chi connectivity index (χ0v) is 11.1. The molecule has 0 radical (unpaired) electrons. The zero-order valence-electron chi connectivity index (χ0n) is 11.1. The van der Waals surface area contributed by atoms with Crippen molar-refractivity contribution in [1.29, 1.82) is 0 Å². The van der Waals surface area contributed by atoms with Crippen LogP contribution in [-0.4, -0.2) is 0 Å². The molecule has 1 aromatic rings. The van der Waals surface area contributed by atoms with Gasteiger partial charge in [-0.2, -0.15) is 0 Å². The maximum absolute atomic E-state index is 13.7. The first-order valence-corrected chi connectivity index (χ1v) is 6.08. The largest absolute Gasteiger partial charge is 0.203 e. The molecule has 0 heterocycles. The van der Waals surface area contributed by atoms with Crippen LogP contribution in [-0.2, 0) is 6.42 Å². The van der Waals surface area contributed by atoms with Crippen LogP contribution in [0.4, 0.5) is 17.6 Å². The van der Waals surface area contributed by atoms with Gasteiger partial charge in [0, 0.05) is 11.1 Å². The molecule has 0 saturated heterocycles. The van der Waals surface area contributed by atoms with Crippen LogP contribution >= 0.6 is 0 Å². The van der Waals surface area contributed by atoms with Crippen LogP contribution in [0.15, 0.2) is 0 Å². The lowest BCUT2D eigenvalue weighted by molar-refractivity contribution is 0.282. The quantitative estimate of drug-likeness (QED) is 0.533. The molecule has 4 heteroatoms. The molecule has 18 heavy (non-hydrogen) atoms. The van der Waals surface area contributed by atoms with Gasteiger partial charge in [0.05, 0.1) is 0 Å². The molecule has 1 aromatic carbocycles. The van der Waals surface area contributed by atoms with E-state index in [4.69, 9.17) is 0 Å². The summed E-state index contributed by atoms with van der Waals surface area (Å²) in [6, 6.07) is 0. The summed E-state index contributed by atoms with van der Waals surface area (Å²) >= 11 is 0. The molecule has 0 nitrogen and oxygen atoms in total. The molecule has 0 bridgehead atoms. The SMILES string of the molecule is CCC(C)(CC)Cc1c(F)c(F)c(C)c(F)c1F. The van der Waals surface area contributed by atoms with Gasteiger partial charge in [0.15, 0.2) is 23.3 Å². The van der Waals surface area contributed by atoms with Crippen molar-refractivity contribution in [1.82, 2.24) is 0 Å². The first-order valence-electron chi connectivity index (χ1n) is 6.08. The zero-order chi connectivity index (χ0) is 14.1. The first kappa shape index (κ1) is 15.0. The van der Waals surface area contributed by atoms with Crippen LogP contribution in [0.5, 0.6) is 0 Å². The topological polar surface area (TPSA) is 0 Å². The first-order chi connectivity index (χ1) is 8.27. The molecule has 0 unspecified atom stereocenters. The highest BCUT2D eigenvalue weighted by Crippen LogP contribution is 2.34. The monoisotopic (exact) mass is 262 g/mol. The minimum absolute atomic E-state index is 0.00815. The van der Waals surface area contributed by atoms with Gasteiger partial charge in [-0.15, -0.1) is 0 Å². The molecule has 0 atom stereocenters. The van der Waals surface area contributed by atoms with Crippen molar-refractivity contribution in [3.8, 4) is 0 Å². The van der Waals surface area contributed by atoms with Gasteiger partial charge in [-0.25, -0.2) is 17.6 Å². The summed E-state index contributed by atoms with van der Waals surface area (Å²) < 4.78 is 54.3. The summed E-state index contributed by atoms with van der Waals surface area (Å²) in [5, 5.41) is 0. The maximum atomic E-state index is 13.7. The second-order valence-corrected chi connectivity index (χ2v) is 5.05. The maximum Gasteiger partial charge on any atom is 0.165 e. The van der Waals surface area contributed by atoms with Crippen molar-refractivity contribution in [2.45, 2.75) is 47.0 Å². The molecule has 0 spiro atoms. The third kappa shape index (κ3) is 2.52. The van der Waals surface area contributed by atoms with Crippen molar-refractivity contribution in [3.63, 3.8) is 0 Å². The molecule has 0 aliphatic heterocycles. The van der Waals surface area contributed by atoms with Crippen LogP contribution in [0.2, 0.25) is 0 Å². The Morgan fingerprint density at radius 1 is 0.833 bits per heavy atom. The van der Waals surface area contributed by atoms with E-state index < -0.39 is 34.4 Å². The van der Waals surface area contributed by atoms with Crippen molar-refractivity contribution >= 4 is 0 Å². The molecule has 1 rings (SSSR count). The predicted octanol–water partition coefficient (Wildman–Crippen LogP) is 4.92. The lowest BCUT2D eigenvalue weighted by atomic mass is 9.78. The van der Waals surface area contributed by atoms with Crippen LogP contribution in [0.3, 0.4) is 0 Å². The Balaban J connectivity index is 3.34. The van der Waals surface area contributed by atoms with E-state index in [1.165, 1.54) is 0 Å². The lowest BCUT2D eigenvalue weighted by Crippen LogP contribution is -2.20. The van der Waals surface area contributed by atoms with E-state index in [9.17, 15) is 17.6 Å². The van der Waals surface area contributed by atoms with Crippen molar-refractivity contribution < 1.29 is 17.6 Å². The summed E-state index contributed by atoms with van der Waals surface area (Å²) in [6.45, 7) is 6.65. The van der Waals surface area contributed by atoms with E-state index in [-0.39, 0.29) is 11.8 Å². The van der Waals surface area contributed by atoms with Crippen molar-refractivity contribution in [2.24, 2.45) is 5.41 Å². The van der Waals surface area contributed by atoms with E-state index in [0.29, 0.717) is 12.8 Å². The number of rotatable bonds is 4. The Morgan fingerprint density at radius 3 is 1.56 bits per heavy atom. The smallest absolute Gasteiger partial charge is 0.165 e. The summed E-state index contributed by atoms with van der Waals surface area (Å²) in [7, 11) is 0. The standard InChI is InChI=1S/C14H18F4/c1-5-14(4,6-2)7-9-12(17)10(15)8(3)11(16)13(9)18/h5-7H2,1-4H3. The van der Waals surface area contributed by atoms with Gasteiger partial charge in [0.1, 0.15) is 0 Å². The number of hydrogen-bond donors (Lipinski definition) is 0. The molecule has 0 fully saturated rings. The Morgan fingerprint density at radius 2 is 1.22 bits per heavy atom. The summed E-state index contributed by atoms with van der Waals surface area (Å²) in [5.74, 6) is -5.11. The Labute approximate surface area is 105 Å². The van der Waals surface area contributed by atoms with E-state index >= 15 is 0 Å². The second kappa shape index (κ2) is 5.29. The van der Waals surface area contributed by atoms with E-state index in [0.717, 1.165) is 6.92 Å². The van der Waals surface area contributed by atoms with Gasteiger partial charge in [-0.1, -0.05) is 33.6 Å². The van der Waals surface area contributed by atoms with E-state index in [2.05, 4.69) is 0 Å². The molecule has 0 amide bonds. The Kier molecular flexibility index (Phi) is 4.41. The molecule has 0 aliphatic carbocycles. The molecule has 0 saturated carbocycles. The van der Waals surface area contributed by atoms with Gasteiger partial charge < -0.3 is 0 Å². The number of benzene rings is 1. The fourth-order valence-electron chi connectivity index (χ4n) is 1.87. The fourth-order valence-corrected chi connectivity index (χ4v) is 1.87. The highest BCUT2D eigenvalue weighted by Gasteiger charge is 2.29. The Bertz CT molecular complexity index is 419. The van der Waals surface area contributed by atoms with Crippen LogP contribution < -0.4 is 0 Å². The average Bonchev–Trinajstić information content (AvgIpc) is 2.39. The number of halogens is 4. The van der Waals surface area contributed by atoms with E-state index in [1.807, 2.05) is 20.8 Å². The molecular formula is C14H18F4. The van der Waals surface area contributed by atoms with Crippen molar-refractivity contribution in [2.75, 3.05) is 0 Å². The normalized spacial score (nSPS) is 12.0. The molecule has 0 aromatic heterocycles. The highest BCUT2D eigenvalue weighted by molar-refractivity contribution is 5.29. The minimum Gasteiger partial charge on any atom is -0.203 e. The minimum atomic E-state index is -1.29. The van der Waals surface area contributed by atoms with Gasteiger partial charge in [0.2, 0.25) is 0 Å². The fraction of sp³-hybridized carbons (Fsp3) is 0.571. The van der Waals surface area contributed by atoms with E-state index in [1.54, 1.807) is 0 Å². The van der Waals surface area contributed by atoms with Crippen LogP contribution in [0, 0.1) is 35.6 Å². The third-order valence-electron chi connectivity index (χ3n) is 3.88.